The summed E-state index contributed by atoms with van der Waals surface area (Å²) in [5.41, 5.74) is 0. The predicted molar refractivity (Wildman–Crippen MR) is 69.0 cm³/mol. The molecule has 0 aliphatic carbocycles. The molecule has 0 unspecified atom stereocenters. The second kappa shape index (κ2) is 7.28. The van der Waals surface area contributed by atoms with Crippen molar-refractivity contribution in [1.82, 2.24) is 0 Å². The van der Waals surface area contributed by atoms with Crippen molar-refractivity contribution in [1.29, 1.82) is 0 Å². The minimum absolute atomic E-state index is 0.158. The summed E-state index contributed by atoms with van der Waals surface area (Å²) in [5, 5.41) is 0.771. The number of halogens is 3. The van der Waals surface area contributed by atoms with Crippen molar-refractivity contribution in [3.63, 3.8) is 0 Å². The molecule has 0 spiro atoms. The molecule has 0 aliphatic rings. The Bertz CT molecular complexity index is 380. The first-order chi connectivity index (χ1) is 6.85. The smallest absolute Gasteiger partial charge is 0.212 e. The number of benzene rings is 1. The molecule has 6 heteroatoms. The highest BCUT2D eigenvalue weighted by molar-refractivity contribution is 9.10. The molecule has 1 aromatic rings. The van der Waals surface area contributed by atoms with E-state index < -0.39 is 9.05 Å². The molecule has 0 aromatic heterocycles. The van der Waals surface area contributed by atoms with Crippen LogP contribution in [0, 0.1) is 0 Å². The van der Waals surface area contributed by atoms with Crippen LogP contribution in [0.25, 0.3) is 0 Å². The van der Waals surface area contributed by atoms with Crippen LogP contribution in [-0.4, -0.2) is 14.2 Å². The molecule has 0 radical (unpaired) electrons. The first-order valence-corrected chi connectivity index (χ1v) is 7.44. The Balaban J connectivity index is 0.000000265. The van der Waals surface area contributed by atoms with Crippen LogP contribution in [0.3, 0.4) is 0 Å². The van der Waals surface area contributed by atoms with E-state index in [1.54, 1.807) is 0 Å². The van der Waals surface area contributed by atoms with Crippen LogP contribution >= 0.6 is 38.2 Å². The lowest BCUT2D eigenvalue weighted by Crippen LogP contribution is -1.90. The fraction of sp³-hybridized carbons (Fsp3) is 0.111. The standard InChI is InChI=1S/C6H4BrCl.C3H5ClO2S/c7-5-1-3-6(8)4-2-5;1-2-3-7(4,5)6/h1-4H;2H,1,3H2. The van der Waals surface area contributed by atoms with Gasteiger partial charge in [-0.1, -0.05) is 33.6 Å². The second-order valence-corrected chi connectivity index (χ2v) is 6.60. The quantitative estimate of drug-likeness (QED) is 0.609. The average Bonchev–Trinajstić information content (AvgIpc) is 2.09. The molecule has 0 saturated heterocycles. The number of hydrogen-bond acceptors (Lipinski definition) is 2. The van der Waals surface area contributed by atoms with E-state index in [1.165, 1.54) is 6.08 Å². The van der Waals surface area contributed by atoms with E-state index in [2.05, 4.69) is 22.5 Å². The Morgan fingerprint density at radius 2 is 1.80 bits per heavy atom. The Morgan fingerprint density at radius 3 is 2.00 bits per heavy atom. The highest BCUT2D eigenvalue weighted by atomic mass is 79.9. The normalized spacial score (nSPS) is 10.1. The highest BCUT2D eigenvalue weighted by Gasteiger charge is 1.97. The SMILES string of the molecule is C=CCS(=O)(=O)Cl.Clc1ccc(Br)cc1. The second-order valence-electron chi connectivity index (χ2n) is 2.43. The summed E-state index contributed by atoms with van der Waals surface area (Å²) in [6.45, 7) is 3.18. The summed E-state index contributed by atoms with van der Waals surface area (Å²) in [6, 6.07) is 7.49. The molecular weight excluding hydrogens is 323 g/mol. The monoisotopic (exact) mass is 330 g/mol. The lowest BCUT2D eigenvalue weighted by molar-refractivity contribution is 0.612. The van der Waals surface area contributed by atoms with Gasteiger partial charge in [0.1, 0.15) is 0 Å². The van der Waals surface area contributed by atoms with Crippen molar-refractivity contribution in [2.45, 2.75) is 0 Å². The van der Waals surface area contributed by atoms with Gasteiger partial charge in [0, 0.05) is 20.2 Å². The Kier molecular flexibility index (Phi) is 7.26. The van der Waals surface area contributed by atoms with Gasteiger partial charge in [-0.3, -0.25) is 0 Å². The number of hydrogen-bond donors (Lipinski definition) is 0. The van der Waals surface area contributed by atoms with E-state index >= 15 is 0 Å². The lowest BCUT2D eigenvalue weighted by atomic mass is 10.4. The maximum absolute atomic E-state index is 9.93. The summed E-state index contributed by atoms with van der Waals surface area (Å²) in [7, 11) is 1.41. The molecule has 1 rings (SSSR count). The molecule has 0 aliphatic heterocycles. The van der Waals surface area contributed by atoms with Crippen molar-refractivity contribution in [3.05, 3.63) is 46.4 Å². The van der Waals surface area contributed by atoms with E-state index in [-0.39, 0.29) is 5.75 Å². The lowest BCUT2D eigenvalue weighted by Gasteiger charge is -1.86. The van der Waals surface area contributed by atoms with Crippen LogP contribution in [0.1, 0.15) is 0 Å². The zero-order chi connectivity index (χ0) is 11.9. The van der Waals surface area contributed by atoms with E-state index in [0.717, 1.165) is 9.50 Å². The predicted octanol–water partition coefficient (Wildman–Crippen LogP) is 3.84. The largest absolute Gasteiger partial charge is 0.236 e. The van der Waals surface area contributed by atoms with E-state index in [0.29, 0.717) is 0 Å². The van der Waals surface area contributed by atoms with Crippen LogP contribution in [0.2, 0.25) is 5.02 Å². The Labute approximate surface area is 107 Å². The van der Waals surface area contributed by atoms with Gasteiger partial charge in [-0.05, 0) is 24.3 Å². The summed E-state index contributed by atoms with van der Waals surface area (Å²) in [6.07, 6.45) is 1.24. The molecular formula is C9H9BrCl2O2S. The maximum atomic E-state index is 9.93. The molecule has 0 N–H and O–H groups in total. The first kappa shape index (κ1) is 15.0. The van der Waals surface area contributed by atoms with Gasteiger partial charge in [-0.15, -0.1) is 6.58 Å². The van der Waals surface area contributed by atoms with Crippen molar-refractivity contribution in [2.24, 2.45) is 0 Å². The van der Waals surface area contributed by atoms with Crippen LogP contribution in [0.5, 0.6) is 0 Å². The third kappa shape index (κ3) is 10.3. The minimum atomic E-state index is -3.32. The molecule has 0 fully saturated rings. The zero-order valence-electron chi connectivity index (χ0n) is 7.66. The van der Waals surface area contributed by atoms with Crippen molar-refractivity contribution >= 4 is 47.3 Å². The van der Waals surface area contributed by atoms with Crippen molar-refractivity contribution in [2.75, 3.05) is 5.75 Å². The van der Waals surface area contributed by atoms with Gasteiger partial charge >= 0.3 is 0 Å². The Morgan fingerprint density at radius 1 is 1.33 bits per heavy atom. The minimum Gasteiger partial charge on any atom is -0.212 e. The Hall–Kier alpha value is -0.0300. The molecule has 0 saturated carbocycles. The van der Waals surface area contributed by atoms with E-state index in [1.807, 2.05) is 24.3 Å². The van der Waals surface area contributed by atoms with Gasteiger partial charge in [-0.25, -0.2) is 8.42 Å². The fourth-order valence-electron chi connectivity index (χ4n) is 0.570. The van der Waals surface area contributed by atoms with Crippen LogP contribution in [0.15, 0.2) is 41.4 Å². The molecule has 1 aromatic carbocycles. The molecule has 0 atom stereocenters. The summed E-state index contributed by atoms with van der Waals surface area (Å²) in [4.78, 5) is 0. The highest BCUT2D eigenvalue weighted by Crippen LogP contribution is 2.13. The summed E-state index contributed by atoms with van der Waals surface area (Å²) >= 11 is 8.88. The van der Waals surface area contributed by atoms with Crippen LogP contribution < -0.4 is 0 Å². The van der Waals surface area contributed by atoms with Crippen LogP contribution in [-0.2, 0) is 9.05 Å². The maximum Gasteiger partial charge on any atom is 0.236 e. The van der Waals surface area contributed by atoms with Gasteiger partial charge in [-0.2, -0.15) is 0 Å². The van der Waals surface area contributed by atoms with Crippen LogP contribution in [0.4, 0.5) is 0 Å². The summed E-state index contributed by atoms with van der Waals surface area (Å²) < 4.78 is 20.9. The van der Waals surface area contributed by atoms with Gasteiger partial charge in [0.05, 0.1) is 5.75 Å². The van der Waals surface area contributed by atoms with Gasteiger partial charge in [0.2, 0.25) is 9.05 Å². The first-order valence-electron chi connectivity index (χ1n) is 3.79. The van der Waals surface area contributed by atoms with E-state index in [4.69, 9.17) is 22.3 Å². The molecule has 2 nitrogen and oxygen atoms in total. The number of rotatable bonds is 2. The third-order valence-corrected chi connectivity index (χ3v) is 2.91. The molecule has 84 valence electrons. The fourth-order valence-corrected chi connectivity index (χ4v) is 1.51. The van der Waals surface area contributed by atoms with E-state index in [9.17, 15) is 8.42 Å². The molecule has 0 amide bonds. The van der Waals surface area contributed by atoms with Crippen molar-refractivity contribution in [3.8, 4) is 0 Å². The topological polar surface area (TPSA) is 34.1 Å². The molecule has 15 heavy (non-hydrogen) atoms. The summed E-state index contributed by atoms with van der Waals surface area (Å²) in [5.74, 6) is -0.158. The average molecular weight is 332 g/mol. The van der Waals surface area contributed by atoms with Gasteiger partial charge in [0.25, 0.3) is 0 Å². The molecule has 0 heterocycles. The van der Waals surface area contributed by atoms with Gasteiger partial charge in [0.15, 0.2) is 0 Å². The third-order valence-electron chi connectivity index (χ3n) is 1.12. The van der Waals surface area contributed by atoms with Crippen molar-refractivity contribution < 1.29 is 8.42 Å². The molecule has 0 bridgehead atoms. The zero-order valence-corrected chi connectivity index (χ0v) is 11.6. The van der Waals surface area contributed by atoms with Gasteiger partial charge < -0.3 is 0 Å².